The number of rotatable bonds is 5. The third-order valence-electron chi connectivity index (χ3n) is 5.99. The van der Waals surface area contributed by atoms with E-state index in [4.69, 9.17) is 11.6 Å². The van der Waals surface area contributed by atoms with Crippen LogP contribution in [0.25, 0.3) is 0 Å². The van der Waals surface area contributed by atoms with Crippen LogP contribution in [0.5, 0.6) is 0 Å². The predicted octanol–water partition coefficient (Wildman–Crippen LogP) is 1.69. The summed E-state index contributed by atoms with van der Waals surface area (Å²) < 4.78 is 13.2. The van der Waals surface area contributed by atoms with Gasteiger partial charge in [0.15, 0.2) is 0 Å². The van der Waals surface area contributed by atoms with Crippen LogP contribution in [0.1, 0.15) is 32.1 Å². The van der Waals surface area contributed by atoms with E-state index in [9.17, 15) is 18.8 Å². The summed E-state index contributed by atoms with van der Waals surface area (Å²) in [6.07, 6.45) is 3.51. The molecule has 0 unspecified atom stereocenters. The third-order valence-corrected chi connectivity index (χ3v) is 6.30. The molecule has 0 spiro atoms. The second kappa shape index (κ2) is 9.13. The van der Waals surface area contributed by atoms with Gasteiger partial charge in [0.2, 0.25) is 5.91 Å². The van der Waals surface area contributed by atoms with Crippen molar-refractivity contribution >= 4 is 35.0 Å². The Kier molecular flexibility index (Phi) is 6.31. The molecule has 0 atom stereocenters. The van der Waals surface area contributed by atoms with Crippen molar-refractivity contribution in [3.05, 3.63) is 40.4 Å². The van der Waals surface area contributed by atoms with Crippen molar-refractivity contribution in [1.29, 1.82) is 0 Å². The van der Waals surface area contributed by atoms with Crippen molar-refractivity contribution < 1.29 is 18.8 Å². The monoisotopic (exact) mass is 449 g/mol. The fourth-order valence-electron chi connectivity index (χ4n) is 4.03. The van der Waals surface area contributed by atoms with E-state index in [1.54, 1.807) is 4.90 Å². The van der Waals surface area contributed by atoms with Crippen LogP contribution in [-0.2, 0) is 14.4 Å². The van der Waals surface area contributed by atoms with Crippen molar-refractivity contribution in [2.24, 2.45) is 5.92 Å². The SMILES string of the molecule is O=C(NC1CCC(C(=O)Nc2ccc(F)cc2Cl)CC1)C1=C(C(=O)N2CCC2)NCN1. The van der Waals surface area contributed by atoms with E-state index in [-0.39, 0.29) is 40.4 Å². The molecular weight excluding hydrogens is 425 g/mol. The summed E-state index contributed by atoms with van der Waals surface area (Å²) in [6, 6.07) is 3.78. The highest BCUT2D eigenvalue weighted by Gasteiger charge is 2.33. The minimum Gasteiger partial charge on any atom is -0.362 e. The fraction of sp³-hybridized carbons (Fsp3) is 0.476. The zero-order chi connectivity index (χ0) is 22.0. The summed E-state index contributed by atoms with van der Waals surface area (Å²) >= 11 is 5.98. The molecule has 0 aromatic heterocycles. The Hall–Kier alpha value is -2.81. The molecule has 2 fully saturated rings. The number of anilines is 1. The van der Waals surface area contributed by atoms with Gasteiger partial charge in [0.25, 0.3) is 11.8 Å². The Balaban J connectivity index is 1.29. The summed E-state index contributed by atoms with van der Waals surface area (Å²) in [4.78, 5) is 39.4. The van der Waals surface area contributed by atoms with Crippen LogP contribution >= 0.6 is 11.6 Å². The molecule has 3 aliphatic rings. The lowest BCUT2D eigenvalue weighted by molar-refractivity contribution is -0.131. The number of halogens is 2. The van der Waals surface area contributed by atoms with Gasteiger partial charge in [0.1, 0.15) is 17.2 Å². The standard InChI is InChI=1S/C21H25ClFN5O3/c22-15-10-13(23)4-7-16(15)27-19(29)12-2-5-14(6-3-12)26-20(30)17-18(25-11-24-17)21(31)28-8-1-9-28/h4,7,10,12,14,24-25H,1-3,5-6,8-9,11H2,(H,26,30)(H,27,29). The largest absolute Gasteiger partial charge is 0.362 e. The highest BCUT2D eigenvalue weighted by atomic mass is 35.5. The number of carbonyl (C=O) groups is 3. The van der Waals surface area contributed by atoms with Gasteiger partial charge in [0, 0.05) is 25.0 Å². The number of nitrogens with one attached hydrogen (secondary N) is 4. The highest BCUT2D eigenvalue weighted by molar-refractivity contribution is 6.33. The van der Waals surface area contributed by atoms with Gasteiger partial charge in [-0.1, -0.05) is 11.6 Å². The molecule has 1 saturated heterocycles. The highest BCUT2D eigenvalue weighted by Crippen LogP contribution is 2.28. The van der Waals surface area contributed by atoms with Gasteiger partial charge < -0.3 is 26.2 Å². The second-order valence-corrected chi connectivity index (χ2v) is 8.47. The van der Waals surface area contributed by atoms with Crippen LogP contribution in [-0.4, -0.2) is 48.4 Å². The zero-order valence-corrected chi connectivity index (χ0v) is 17.7. The van der Waals surface area contributed by atoms with Gasteiger partial charge >= 0.3 is 0 Å². The summed E-state index contributed by atoms with van der Waals surface area (Å²) in [5, 5.41) is 11.8. The Morgan fingerprint density at radius 3 is 2.42 bits per heavy atom. The Morgan fingerprint density at radius 2 is 1.77 bits per heavy atom. The lowest BCUT2D eigenvalue weighted by Crippen LogP contribution is -2.45. The maximum absolute atomic E-state index is 13.2. The molecule has 1 saturated carbocycles. The minimum absolute atomic E-state index is 0.0683. The molecular formula is C21H25ClFN5O3. The van der Waals surface area contributed by atoms with Gasteiger partial charge in [-0.05, 0) is 50.3 Å². The Labute approximate surface area is 184 Å². The maximum atomic E-state index is 13.2. The molecule has 2 aliphatic heterocycles. The maximum Gasteiger partial charge on any atom is 0.272 e. The summed E-state index contributed by atoms with van der Waals surface area (Å²) in [5.41, 5.74) is 0.985. The molecule has 0 radical (unpaired) electrons. The number of hydrogen-bond acceptors (Lipinski definition) is 5. The average Bonchev–Trinajstić information content (AvgIpc) is 3.19. The van der Waals surface area contributed by atoms with E-state index in [0.29, 0.717) is 56.8 Å². The molecule has 166 valence electrons. The van der Waals surface area contributed by atoms with Crippen LogP contribution in [0.15, 0.2) is 29.6 Å². The first kappa shape index (κ1) is 21.4. The van der Waals surface area contributed by atoms with Crippen LogP contribution in [0.4, 0.5) is 10.1 Å². The van der Waals surface area contributed by atoms with Crippen LogP contribution in [0.2, 0.25) is 5.02 Å². The molecule has 2 heterocycles. The summed E-state index contributed by atoms with van der Waals surface area (Å²) in [6.45, 7) is 1.78. The fourth-order valence-corrected chi connectivity index (χ4v) is 4.25. The average molecular weight is 450 g/mol. The quantitative estimate of drug-likeness (QED) is 0.548. The van der Waals surface area contributed by atoms with Gasteiger partial charge in [0.05, 0.1) is 17.4 Å². The van der Waals surface area contributed by atoms with Crippen LogP contribution in [0, 0.1) is 11.7 Å². The Bertz CT molecular complexity index is 926. The Morgan fingerprint density at radius 1 is 1.06 bits per heavy atom. The topological polar surface area (TPSA) is 103 Å². The number of likely N-dealkylation sites (tertiary alicyclic amines) is 1. The summed E-state index contributed by atoms with van der Waals surface area (Å²) in [5.74, 6) is -1.29. The van der Waals surface area contributed by atoms with Crippen molar-refractivity contribution in [1.82, 2.24) is 20.9 Å². The van der Waals surface area contributed by atoms with Crippen molar-refractivity contribution in [2.75, 3.05) is 25.1 Å². The van der Waals surface area contributed by atoms with E-state index in [0.717, 1.165) is 12.5 Å². The second-order valence-electron chi connectivity index (χ2n) is 8.06. The molecule has 4 rings (SSSR count). The molecule has 10 heteroatoms. The van der Waals surface area contributed by atoms with Crippen molar-refractivity contribution in [3.8, 4) is 0 Å². The van der Waals surface area contributed by atoms with E-state index < -0.39 is 5.82 Å². The zero-order valence-electron chi connectivity index (χ0n) is 17.0. The number of carbonyl (C=O) groups excluding carboxylic acids is 3. The first-order valence-corrected chi connectivity index (χ1v) is 10.9. The summed E-state index contributed by atoms with van der Waals surface area (Å²) in [7, 11) is 0. The molecule has 3 amide bonds. The van der Waals surface area contributed by atoms with Gasteiger partial charge in [-0.15, -0.1) is 0 Å². The molecule has 1 aromatic carbocycles. The molecule has 4 N–H and O–H groups in total. The first-order chi connectivity index (χ1) is 14.9. The predicted molar refractivity (Wildman–Crippen MR) is 113 cm³/mol. The lowest BCUT2D eigenvalue weighted by atomic mass is 9.85. The number of amides is 3. The van der Waals surface area contributed by atoms with Crippen molar-refractivity contribution in [3.63, 3.8) is 0 Å². The first-order valence-electron chi connectivity index (χ1n) is 10.5. The van der Waals surface area contributed by atoms with Gasteiger partial charge in [-0.3, -0.25) is 14.4 Å². The van der Waals surface area contributed by atoms with Crippen LogP contribution < -0.4 is 21.3 Å². The van der Waals surface area contributed by atoms with Gasteiger partial charge in [-0.2, -0.15) is 0 Å². The minimum atomic E-state index is -0.462. The van der Waals surface area contributed by atoms with E-state index in [1.165, 1.54) is 12.1 Å². The van der Waals surface area contributed by atoms with Gasteiger partial charge in [-0.25, -0.2) is 4.39 Å². The van der Waals surface area contributed by atoms with E-state index in [1.807, 2.05) is 0 Å². The molecule has 31 heavy (non-hydrogen) atoms. The molecule has 1 aromatic rings. The molecule has 0 bridgehead atoms. The third kappa shape index (κ3) is 4.76. The normalized spacial score (nSPS) is 22.8. The van der Waals surface area contributed by atoms with Crippen molar-refractivity contribution in [2.45, 2.75) is 38.1 Å². The van der Waals surface area contributed by atoms with E-state index in [2.05, 4.69) is 21.3 Å². The van der Waals surface area contributed by atoms with E-state index >= 15 is 0 Å². The van der Waals surface area contributed by atoms with Crippen LogP contribution in [0.3, 0.4) is 0 Å². The number of benzene rings is 1. The smallest absolute Gasteiger partial charge is 0.272 e. The number of nitrogens with zero attached hydrogens (tertiary/aromatic N) is 1. The number of hydrogen-bond donors (Lipinski definition) is 4. The molecule has 1 aliphatic carbocycles. The molecule has 8 nitrogen and oxygen atoms in total. The lowest BCUT2D eigenvalue weighted by Gasteiger charge is -2.31.